The maximum atomic E-state index is 11.9. The van der Waals surface area contributed by atoms with Gasteiger partial charge in [0.25, 0.3) is 0 Å². The SMILES string of the molecule is CC(C(=O)O)C(=O)N1C[C@H]2CC=CC[C@H]2C1. The Labute approximate surface area is 94.9 Å². The number of allylic oxidation sites excluding steroid dienone is 2. The normalized spacial score (nSPS) is 29.9. The van der Waals surface area contributed by atoms with E-state index in [2.05, 4.69) is 12.2 Å². The van der Waals surface area contributed by atoms with Crippen molar-refractivity contribution >= 4 is 11.9 Å². The molecule has 0 aromatic carbocycles. The molecule has 0 bridgehead atoms. The number of rotatable bonds is 2. The molecule has 0 aromatic heterocycles. The van der Waals surface area contributed by atoms with Gasteiger partial charge >= 0.3 is 5.97 Å². The lowest BCUT2D eigenvalue weighted by Gasteiger charge is -2.18. The van der Waals surface area contributed by atoms with Crippen LogP contribution in [-0.2, 0) is 9.59 Å². The van der Waals surface area contributed by atoms with Crippen LogP contribution in [0.4, 0.5) is 0 Å². The first-order chi connectivity index (χ1) is 7.59. The molecule has 3 atom stereocenters. The molecule has 0 radical (unpaired) electrons. The van der Waals surface area contributed by atoms with Crippen LogP contribution >= 0.6 is 0 Å². The van der Waals surface area contributed by atoms with E-state index in [1.54, 1.807) is 4.90 Å². The van der Waals surface area contributed by atoms with E-state index in [9.17, 15) is 9.59 Å². The minimum Gasteiger partial charge on any atom is -0.481 e. The summed E-state index contributed by atoms with van der Waals surface area (Å²) in [4.78, 5) is 24.3. The second-order valence-corrected chi connectivity index (χ2v) is 4.77. The molecular formula is C12H17NO3. The van der Waals surface area contributed by atoms with Crippen molar-refractivity contribution in [3.63, 3.8) is 0 Å². The molecule has 0 spiro atoms. The number of carboxylic acid groups (broad SMARTS) is 1. The van der Waals surface area contributed by atoms with Gasteiger partial charge in [-0.15, -0.1) is 0 Å². The maximum absolute atomic E-state index is 11.9. The van der Waals surface area contributed by atoms with E-state index >= 15 is 0 Å². The average molecular weight is 223 g/mol. The molecule has 4 nitrogen and oxygen atoms in total. The number of hydrogen-bond donors (Lipinski definition) is 1. The second-order valence-electron chi connectivity index (χ2n) is 4.77. The van der Waals surface area contributed by atoms with E-state index < -0.39 is 11.9 Å². The lowest BCUT2D eigenvalue weighted by Crippen LogP contribution is -2.36. The summed E-state index contributed by atoms with van der Waals surface area (Å²) in [5.74, 6) is -1.10. The molecule has 0 saturated carbocycles. The van der Waals surface area contributed by atoms with Gasteiger partial charge in [-0.1, -0.05) is 12.2 Å². The zero-order valence-corrected chi connectivity index (χ0v) is 9.43. The van der Waals surface area contributed by atoms with Crippen LogP contribution in [0.1, 0.15) is 19.8 Å². The van der Waals surface area contributed by atoms with Gasteiger partial charge in [-0.2, -0.15) is 0 Å². The third-order valence-electron chi connectivity index (χ3n) is 3.67. The Morgan fingerprint density at radius 1 is 1.25 bits per heavy atom. The number of aliphatic carboxylic acids is 1. The number of carbonyl (C=O) groups is 2. The Balaban J connectivity index is 1.98. The van der Waals surface area contributed by atoms with Crippen LogP contribution in [-0.4, -0.2) is 35.0 Å². The van der Waals surface area contributed by atoms with E-state index in [1.165, 1.54) is 6.92 Å². The van der Waals surface area contributed by atoms with E-state index in [0.29, 0.717) is 11.8 Å². The third-order valence-corrected chi connectivity index (χ3v) is 3.67. The van der Waals surface area contributed by atoms with Crippen molar-refractivity contribution in [3.8, 4) is 0 Å². The number of likely N-dealkylation sites (tertiary alicyclic amines) is 1. The average Bonchev–Trinajstić information content (AvgIpc) is 2.70. The minimum atomic E-state index is -1.03. The second kappa shape index (κ2) is 4.28. The molecule has 1 unspecified atom stereocenters. The van der Waals surface area contributed by atoms with Gasteiger partial charge in [0.05, 0.1) is 0 Å². The summed E-state index contributed by atoms with van der Waals surface area (Å²) >= 11 is 0. The standard InChI is InChI=1S/C12H17NO3/c1-8(12(15)16)11(14)13-6-9-4-2-3-5-10(9)7-13/h2-3,8-10H,4-7H2,1H3,(H,15,16)/t8?,9-,10+. The topological polar surface area (TPSA) is 57.6 Å². The molecule has 0 aromatic rings. The number of carbonyl (C=O) groups excluding carboxylic acids is 1. The summed E-state index contributed by atoms with van der Waals surface area (Å²) < 4.78 is 0. The third kappa shape index (κ3) is 1.96. The van der Waals surface area contributed by atoms with Gasteiger partial charge in [-0.25, -0.2) is 0 Å². The molecule has 16 heavy (non-hydrogen) atoms. The van der Waals surface area contributed by atoms with Gasteiger partial charge in [-0.3, -0.25) is 9.59 Å². The summed E-state index contributed by atoms with van der Waals surface area (Å²) in [7, 11) is 0. The molecule has 1 fully saturated rings. The Hall–Kier alpha value is -1.32. The zero-order valence-electron chi connectivity index (χ0n) is 9.43. The van der Waals surface area contributed by atoms with Crippen molar-refractivity contribution in [3.05, 3.63) is 12.2 Å². The van der Waals surface area contributed by atoms with Crippen molar-refractivity contribution in [2.75, 3.05) is 13.1 Å². The van der Waals surface area contributed by atoms with Gasteiger partial charge in [0.2, 0.25) is 5.91 Å². The van der Waals surface area contributed by atoms with Crippen LogP contribution in [0.2, 0.25) is 0 Å². The Morgan fingerprint density at radius 2 is 1.75 bits per heavy atom. The molecule has 1 aliphatic heterocycles. The molecule has 1 saturated heterocycles. The zero-order chi connectivity index (χ0) is 11.7. The molecule has 2 aliphatic rings. The number of hydrogen-bond acceptors (Lipinski definition) is 2. The van der Waals surface area contributed by atoms with Crippen LogP contribution in [0, 0.1) is 17.8 Å². The molecule has 2 rings (SSSR count). The lowest BCUT2D eigenvalue weighted by molar-refractivity contribution is -0.149. The predicted octanol–water partition coefficient (Wildman–Crippen LogP) is 1.13. The van der Waals surface area contributed by atoms with Gasteiger partial charge in [0.1, 0.15) is 5.92 Å². The van der Waals surface area contributed by atoms with Crippen LogP contribution in [0.5, 0.6) is 0 Å². The number of nitrogens with zero attached hydrogens (tertiary/aromatic N) is 1. The smallest absolute Gasteiger partial charge is 0.315 e. The number of amides is 1. The highest BCUT2D eigenvalue weighted by atomic mass is 16.4. The van der Waals surface area contributed by atoms with Gasteiger partial charge in [0.15, 0.2) is 0 Å². The van der Waals surface area contributed by atoms with Crippen molar-refractivity contribution < 1.29 is 14.7 Å². The van der Waals surface area contributed by atoms with E-state index in [0.717, 1.165) is 25.9 Å². The first kappa shape index (κ1) is 11.2. The molecule has 1 N–H and O–H groups in total. The Kier molecular flexibility index (Phi) is 2.99. The van der Waals surface area contributed by atoms with Gasteiger partial charge in [0, 0.05) is 13.1 Å². The Bertz CT molecular complexity index is 321. The fraction of sp³-hybridized carbons (Fsp3) is 0.667. The van der Waals surface area contributed by atoms with Crippen LogP contribution in [0.15, 0.2) is 12.2 Å². The van der Waals surface area contributed by atoms with Crippen LogP contribution in [0.3, 0.4) is 0 Å². The number of carboxylic acids is 1. The molecule has 88 valence electrons. The summed E-state index contributed by atoms with van der Waals surface area (Å²) in [5, 5.41) is 8.81. The van der Waals surface area contributed by atoms with E-state index in [-0.39, 0.29) is 5.91 Å². The van der Waals surface area contributed by atoms with Crippen molar-refractivity contribution in [2.45, 2.75) is 19.8 Å². The summed E-state index contributed by atoms with van der Waals surface area (Å²) in [6.07, 6.45) is 6.37. The van der Waals surface area contributed by atoms with Crippen LogP contribution in [0.25, 0.3) is 0 Å². The molecule has 1 heterocycles. The van der Waals surface area contributed by atoms with Crippen molar-refractivity contribution in [1.29, 1.82) is 0 Å². The first-order valence-corrected chi connectivity index (χ1v) is 5.76. The van der Waals surface area contributed by atoms with Gasteiger partial charge < -0.3 is 10.0 Å². The lowest BCUT2D eigenvalue weighted by atomic mass is 9.86. The van der Waals surface area contributed by atoms with Gasteiger partial charge in [-0.05, 0) is 31.6 Å². The molecule has 4 heteroatoms. The largest absolute Gasteiger partial charge is 0.481 e. The van der Waals surface area contributed by atoms with Crippen LogP contribution < -0.4 is 0 Å². The summed E-state index contributed by atoms with van der Waals surface area (Å²) in [6, 6.07) is 0. The van der Waals surface area contributed by atoms with Crippen molar-refractivity contribution in [1.82, 2.24) is 4.90 Å². The quantitative estimate of drug-likeness (QED) is 0.564. The van der Waals surface area contributed by atoms with E-state index in [4.69, 9.17) is 5.11 Å². The minimum absolute atomic E-state index is 0.234. The fourth-order valence-electron chi connectivity index (χ4n) is 2.57. The highest BCUT2D eigenvalue weighted by Crippen LogP contribution is 2.33. The molecule has 1 amide bonds. The molecule has 1 aliphatic carbocycles. The predicted molar refractivity (Wildman–Crippen MR) is 58.7 cm³/mol. The summed E-state index contributed by atoms with van der Waals surface area (Å²) in [6.45, 7) is 2.92. The number of fused-ring (bicyclic) bond motifs is 1. The Morgan fingerprint density at radius 3 is 2.19 bits per heavy atom. The first-order valence-electron chi connectivity index (χ1n) is 5.76. The fourth-order valence-corrected chi connectivity index (χ4v) is 2.57. The monoisotopic (exact) mass is 223 g/mol. The highest BCUT2D eigenvalue weighted by molar-refractivity contribution is 5.96. The maximum Gasteiger partial charge on any atom is 0.315 e. The molecular weight excluding hydrogens is 206 g/mol. The summed E-state index contributed by atoms with van der Waals surface area (Å²) in [5.41, 5.74) is 0. The van der Waals surface area contributed by atoms with E-state index in [1.807, 2.05) is 0 Å². The highest BCUT2D eigenvalue weighted by Gasteiger charge is 2.37. The van der Waals surface area contributed by atoms with Crippen molar-refractivity contribution in [2.24, 2.45) is 17.8 Å².